The van der Waals surface area contributed by atoms with Crippen molar-refractivity contribution in [3.63, 3.8) is 0 Å². The normalized spacial score (nSPS) is 15.9. The van der Waals surface area contributed by atoms with Gasteiger partial charge in [0.25, 0.3) is 5.78 Å². The van der Waals surface area contributed by atoms with Crippen molar-refractivity contribution in [2.75, 3.05) is 6.61 Å². The van der Waals surface area contributed by atoms with Crippen molar-refractivity contribution in [2.45, 2.75) is 32.6 Å². The topological polar surface area (TPSA) is 52.3 Å². The standard InChI is InChI=1S/C12H15ClN4O/c1-8-10(13)16-12-14-7-15-17(12)11(8)18-6-5-9-3-2-4-9/h7,9H,2-6H2,1H3. The fourth-order valence-corrected chi connectivity index (χ4v) is 2.30. The SMILES string of the molecule is Cc1c(Cl)nc2ncnn2c1OCCC1CCC1. The molecule has 0 radical (unpaired) electrons. The van der Waals surface area contributed by atoms with Crippen LogP contribution in [0.3, 0.4) is 0 Å². The Morgan fingerprint density at radius 1 is 1.50 bits per heavy atom. The lowest BCUT2D eigenvalue weighted by atomic mass is 9.83. The summed E-state index contributed by atoms with van der Waals surface area (Å²) in [6, 6.07) is 0. The van der Waals surface area contributed by atoms with Gasteiger partial charge in [-0.25, -0.2) is 0 Å². The summed E-state index contributed by atoms with van der Waals surface area (Å²) in [5, 5.41) is 4.54. The summed E-state index contributed by atoms with van der Waals surface area (Å²) in [5.74, 6) is 1.96. The molecule has 0 unspecified atom stereocenters. The van der Waals surface area contributed by atoms with Gasteiger partial charge in [-0.1, -0.05) is 30.9 Å². The maximum absolute atomic E-state index is 6.06. The number of halogens is 1. The molecule has 1 fully saturated rings. The molecular weight excluding hydrogens is 252 g/mol. The Bertz CT molecular complexity index is 564. The first kappa shape index (κ1) is 11.7. The van der Waals surface area contributed by atoms with E-state index in [4.69, 9.17) is 16.3 Å². The van der Waals surface area contributed by atoms with Crippen LogP contribution < -0.4 is 4.74 Å². The van der Waals surface area contributed by atoms with E-state index in [1.54, 1.807) is 4.52 Å². The Labute approximate surface area is 110 Å². The largest absolute Gasteiger partial charge is 0.477 e. The molecule has 0 saturated heterocycles. The van der Waals surface area contributed by atoms with Crippen LogP contribution in [0.1, 0.15) is 31.2 Å². The summed E-state index contributed by atoms with van der Waals surface area (Å²) in [6.45, 7) is 2.58. The lowest BCUT2D eigenvalue weighted by molar-refractivity contribution is 0.213. The van der Waals surface area contributed by atoms with Crippen LogP contribution in [0, 0.1) is 12.8 Å². The second-order valence-electron chi connectivity index (χ2n) is 4.74. The maximum Gasteiger partial charge on any atom is 0.256 e. The Morgan fingerprint density at radius 3 is 3.06 bits per heavy atom. The van der Waals surface area contributed by atoms with Crippen molar-refractivity contribution >= 4 is 17.4 Å². The van der Waals surface area contributed by atoms with Crippen LogP contribution in [-0.2, 0) is 0 Å². The monoisotopic (exact) mass is 266 g/mol. The van der Waals surface area contributed by atoms with Crippen LogP contribution in [-0.4, -0.2) is 26.2 Å². The third-order valence-electron chi connectivity index (χ3n) is 3.54. The van der Waals surface area contributed by atoms with Crippen molar-refractivity contribution in [1.29, 1.82) is 0 Å². The van der Waals surface area contributed by atoms with Gasteiger partial charge >= 0.3 is 0 Å². The molecule has 3 rings (SSSR count). The van der Waals surface area contributed by atoms with Crippen molar-refractivity contribution in [3.8, 4) is 5.88 Å². The van der Waals surface area contributed by atoms with E-state index >= 15 is 0 Å². The first-order valence-electron chi connectivity index (χ1n) is 6.24. The van der Waals surface area contributed by atoms with Crippen LogP contribution in [0.25, 0.3) is 5.78 Å². The van der Waals surface area contributed by atoms with Gasteiger partial charge in [0.2, 0.25) is 5.88 Å². The van der Waals surface area contributed by atoms with Gasteiger partial charge in [-0.05, 0) is 19.3 Å². The molecule has 1 aliphatic rings. The number of aromatic nitrogens is 4. The Hall–Kier alpha value is -1.36. The van der Waals surface area contributed by atoms with Gasteiger partial charge in [0.05, 0.1) is 6.61 Å². The van der Waals surface area contributed by atoms with Gasteiger partial charge in [0.1, 0.15) is 11.5 Å². The van der Waals surface area contributed by atoms with E-state index in [2.05, 4.69) is 15.1 Å². The zero-order valence-corrected chi connectivity index (χ0v) is 11.0. The van der Waals surface area contributed by atoms with Crippen LogP contribution in [0.5, 0.6) is 5.88 Å². The number of hydrogen-bond acceptors (Lipinski definition) is 4. The molecule has 0 aromatic carbocycles. The first-order valence-corrected chi connectivity index (χ1v) is 6.62. The fraction of sp³-hybridized carbons (Fsp3) is 0.583. The molecule has 1 saturated carbocycles. The summed E-state index contributed by atoms with van der Waals surface area (Å²) in [4.78, 5) is 8.17. The van der Waals surface area contributed by atoms with Crippen LogP contribution in [0.4, 0.5) is 0 Å². The molecule has 96 valence electrons. The van der Waals surface area contributed by atoms with Crippen molar-refractivity contribution in [2.24, 2.45) is 5.92 Å². The Morgan fingerprint density at radius 2 is 2.33 bits per heavy atom. The van der Waals surface area contributed by atoms with E-state index in [0.29, 0.717) is 23.4 Å². The first-order chi connectivity index (χ1) is 8.75. The minimum atomic E-state index is 0.425. The highest BCUT2D eigenvalue weighted by Crippen LogP contribution is 2.30. The number of rotatable bonds is 4. The zero-order valence-electron chi connectivity index (χ0n) is 10.3. The molecule has 0 aliphatic heterocycles. The zero-order chi connectivity index (χ0) is 12.5. The van der Waals surface area contributed by atoms with Crippen LogP contribution in [0.15, 0.2) is 6.33 Å². The molecular formula is C12H15ClN4O. The van der Waals surface area contributed by atoms with Crippen LogP contribution in [0.2, 0.25) is 5.15 Å². The summed E-state index contributed by atoms with van der Waals surface area (Å²) in [6.07, 6.45) is 6.57. The molecule has 0 amide bonds. The van der Waals surface area contributed by atoms with E-state index < -0.39 is 0 Å². The predicted octanol–water partition coefficient (Wildman–Crippen LogP) is 2.66. The van der Waals surface area contributed by atoms with E-state index in [1.165, 1.54) is 25.6 Å². The number of ether oxygens (including phenoxy) is 1. The third kappa shape index (κ3) is 2.03. The smallest absolute Gasteiger partial charge is 0.256 e. The second kappa shape index (κ2) is 4.72. The molecule has 1 aliphatic carbocycles. The molecule has 6 heteroatoms. The molecule has 2 aromatic heterocycles. The minimum absolute atomic E-state index is 0.425. The average molecular weight is 267 g/mol. The van der Waals surface area contributed by atoms with E-state index in [0.717, 1.165) is 17.9 Å². The highest BCUT2D eigenvalue weighted by molar-refractivity contribution is 6.30. The van der Waals surface area contributed by atoms with E-state index in [-0.39, 0.29) is 0 Å². The number of nitrogens with zero attached hydrogens (tertiary/aromatic N) is 4. The highest BCUT2D eigenvalue weighted by atomic mass is 35.5. The lowest BCUT2D eigenvalue weighted by Crippen LogP contribution is -2.15. The molecule has 0 spiro atoms. The third-order valence-corrected chi connectivity index (χ3v) is 3.91. The maximum atomic E-state index is 6.06. The lowest BCUT2D eigenvalue weighted by Gasteiger charge is -2.25. The molecule has 0 atom stereocenters. The number of hydrogen-bond donors (Lipinski definition) is 0. The fourth-order valence-electron chi connectivity index (χ4n) is 2.15. The molecule has 5 nitrogen and oxygen atoms in total. The Kier molecular flexibility index (Phi) is 3.07. The van der Waals surface area contributed by atoms with Crippen molar-refractivity contribution in [3.05, 3.63) is 17.0 Å². The van der Waals surface area contributed by atoms with Gasteiger partial charge < -0.3 is 4.74 Å². The molecule has 0 N–H and O–H groups in total. The average Bonchev–Trinajstić information content (AvgIpc) is 2.73. The van der Waals surface area contributed by atoms with Gasteiger partial charge in [0.15, 0.2) is 0 Å². The minimum Gasteiger partial charge on any atom is -0.477 e. The van der Waals surface area contributed by atoms with Gasteiger partial charge in [0, 0.05) is 5.56 Å². The van der Waals surface area contributed by atoms with Crippen molar-refractivity contribution in [1.82, 2.24) is 19.6 Å². The van der Waals surface area contributed by atoms with Gasteiger partial charge in [-0.15, -0.1) is 0 Å². The molecule has 2 heterocycles. The Balaban J connectivity index is 1.80. The summed E-state index contributed by atoms with van der Waals surface area (Å²) >= 11 is 6.06. The van der Waals surface area contributed by atoms with E-state index in [1.807, 2.05) is 6.92 Å². The summed E-state index contributed by atoms with van der Waals surface area (Å²) in [5.41, 5.74) is 0.809. The molecule has 18 heavy (non-hydrogen) atoms. The molecule has 0 bridgehead atoms. The van der Waals surface area contributed by atoms with Crippen molar-refractivity contribution < 1.29 is 4.74 Å². The summed E-state index contributed by atoms with van der Waals surface area (Å²) < 4.78 is 7.43. The van der Waals surface area contributed by atoms with E-state index in [9.17, 15) is 0 Å². The quantitative estimate of drug-likeness (QED) is 0.799. The predicted molar refractivity (Wildman–Crippen MR) is 68.0 cm³/mol. The van der Waals surface area contributed by atoms with Gasteiger partial charge in [-0.3, -0.25) is 0 Å². The number of fused-ring (bicyclic) bond motifs is 1. The molecule has 2 aromatic rings. The summed E-state index contributed by atoms with van der Waals surface area (Å²) in [7, 11) is 0. The highest BCUT2D eigenvalue weighted by Gasteiger charge is 2.18. The van der Waals surface area contributed by atoms with Gasteiger partial charge in [-0.2, -0.15) is 19.6 Å². The van der Waals surface area contributed by atoms with Crippen LogP contribution >= 0.6 is 11.6 Å². The second-order valence-corrected chi connectivity index (χ2v) is 5.10.